The summed E-state index contributed by atoms with van der Waals surface area (Å²) in [7, 11) is 0. The number of pyridine rings is 1. The fraction of sp³-hybridized carbons (Fsp3) is 0.217. The van der Waals surface area contributed by atoms with Gasteiger partial charge in [-0.1, -0.05) is 35.4 Å². The van der Waals surface area contributed by atoms with Gasteiger partial charge in [0.1, 0.15) is 5.65 Å². The van der Waals surface area contributed by atoms with E-state index < -0.39 is 0 Å². The third-order valence-corrected chi connectivity index (χ3v) is 6.16. The zero-order chi connectivity index (χ0) is 21.4. The molecule has 2 unspecified atom stereocenters. The molecule has 6 nitrogen and oxygen atoms in total. The summed E-state index contributed by atoms with van der Waals surface area (Å²) in [6, 6.07) is 7.64. The van der Waals surface area contributed by atoms with Gasteiger partial charge in [0, 0.05) is 63.8 Å². The quantitative estimate of drug-likeness (QED) is 0.414. The molecule has 8 heteroatoms. The summed E-state index contributed by atoms with van der Waals surface area (Å²) in [6.07, 6.45) is 11.9. The van der Waals surface area contributed by atoms with Crippen LogP contribution in [0.2, 0.25) is 10.0 Å². The number of aromatic amines is 1. The molecule has 0 amide bonds. The molecule has 0 aliphatic carbocycles. The van der Waals surface area contributed by atoms with E-state index in [1.165, 1.54) is 0 Å². The first kappa shape index (κ1) is 20.3. The molecule has 1 fully saturated rings. The van der Waals surface area contributed by atoms with Gasteiger partial charge in [0.15, 0.2) is 0 Å². The molecule has 0 radical (unpaired) electrons. The smallest absolute Gasteiger partial charge is 0.137 e. The van der Waals surface area contributed by atoms with E-state index in [2.05, 4.69) is 26.4 Å². The lowest BCUT2D eigenvalue weighted by Gasteiger charge is -2.26. The average Bonchev–Trinajstić information content (AvgIpc) is 3.41. The fourth-order valence-electron chi connectivity index (χ4n) is 3.93. The van der Waals surface area contributed by atoms with Crippen molar-refractivity contribution in [1.82, 2.24) is 25.1 Å². The summed E-state index contributed by atoms with van der Waals surface area (Å²) in [5.74, 6) is 0. The summed E-state index contributed by atoms with van der Waals surface area (Å²) in [4.78, 5) is 7.79. The Hall–Kier alpha value is -2.64. The zero-order valence-electron chi connectivity index (χ0n) is 16.6. The molecule has 4 aromatic rings. The number of hydrogen-bond donors (Lipinski definition) is 3. The van der Waals surface area contributed by atoms with Gasteiger partial charge in [-0.2, -0.15) is 5.10 Å². The molecular weight excluding hydrogens is 433 g/mol. The van der Waals surface area contributed by atoms with Crippen molar-refractivity contribution in [2.75, 3.05) is 13.1 Å². The van der Waals surface area contributed by atoms with Crippen molar-refractivity contribution < 1.29 is 5.11 Å². The predicted octanol–water partition coefficient (Wildman–Crippen LogP) is 4.80. The standard InChI is InChI=1S/C23H21Cl2N5O/c24-18-3-4-22(25)14(5-18)1-2-15-8-27-23-21(15)6-16(9-28-23)17-10-29-30(13-17)19-7-20(31)12-26-11-19/h1-6,8-10,13,19-20,26,31H,7,11-12H2,(H,27,28)/b2-1+. The lowest BCUT2D eigenvalue weighted by molar-refractivity contribution is 0.113. The molecule has 1 aliphatic heterocycles. The molecule has 0 saturated carbocycles. The highest BCUT2D eigenvalue weighted by molar-refractivity contribution is 6.34. The van der Waals surface area contributed by atoms with Crippen LogP contribution in [0.25, 0.3) is 34.3 Å². The van der Waals surface area contributed by atoms with Crippen LogP contribution >= 0.6 is 23.2 Å². The van der Waals surface area contributed by atoms with E-state index >= 15 is 0 Å². The van der Waals surface area contributed by atoms with Gasteiger partial charge in [-0.15, -0.1) is 0 Å². The van der Waals surface area contributed by atoms with Crippen molar-refractivity contribution in [3.63, 3.8) is 0 Å². The molecule has 1 saturated heterocycles. The molecule has 3 aromatic heterocycles. The van der Waals surface area contributed by atoms with E-state index in [-0.39, 0.29) is 12.1 Å². The molecule has 4 heterocycles. The number of nitrogens with zero attached hydrogens (tertiary/aromatic N) is 3. The van der Waals surface area contributed by atoms with Crippen molar-refractivity contribution in [1.29, 1.82) is 0 Å². The summed E-state index contributed by atoms with van der Waals surface area (Å²) in [6.45, 7) is 1.43. The Morgan fingerprint density at radius 3 is 2.81 bits per heavy atom. The van der Waals surface area contributed by atoms with E-state index in [0.717, 1.165) is 39.8 Å². The number of fused-ring (bicyclic) bond motifs is 1. The van der Waals surface area contributed by atoms with Crippen molar-refractivity contribution in [2.45, 2.75) is 18.6 Å². The van der Waals surface area contributed by atoms with Gasteiger partial charge in [0.2, 0.25) is 0 Å². The number of hydrogen-bond acceptors (Lipinski definition) is 4. The lowest BCUT2D eigenvalue weighted by atomic mass is 10.1. The number of rotatable bonds is 4. The van der Waals surface area contributed by atoms with Crippen LogP contribution in [0.5, 0.6) is 0 Å². The molecule has 158 valence electrons. The normalized spacial score (nSPS) is 19.5. The zero-order valence-corrected chi connectivity index (χ0v) is 18.1. The van der Waals surface area contributed by atoms with E-state index in [0.29, 0.717) is 23.0 Å². The molecule has 2 atom stereocenters. The third kappa shape index (κ3) is 4.25. The van der Waals surface area contributed by atoms with E-state index in [4.69, 9.17) is 23.2 Å². The van der Waals surface area contributed by atoms with Gasteiger partial charge >= 0.3 is 0 Å². The maximum absolute atomic E-state index is 9.92. The van der Waals surface area contributed by atoms with Crippen LogP contribution in [-0.2, 0) is 0 Å². The van der Waals surface area contributed by atoms with Gasteiger partial charge in [0.05, 0.1) is 18.3 Å². The molecule has 1 aromatic carbocycles. The van der Waals surface area contributed by atoms with Crippen LogP contribution in [0, 0.1) is 0 Å². The van der Waals surface area contributed by atoms with Gasteiger partial charge in [-0.05, 0) is 36.2 Å². The highest BCUT2D eigenvalue weighted by atomic mass is 35.5. The highest BCUT2D eigenvalue weighted by Crippen LogP contribution is 2.28. The van der Waals surface area contributed by atoms with E-state index in [9.17, 15) is 5.11 Å². The molecular formula is C23H21Cl2N5O. The second kappa shape index (κ2) is 8.48. The summed E-state index contributed by atoms with van der Waals surface area (Å²) in [5.41, 5.74) is 4.65. The second-order valence-corrected chi connectivity index (χ2v) is 8.62. The van der Waals surface area contributed by atoms with Crippen LogP contribution in [-0.4, -0.2) is 44.0 Å². The largest absolute Gasteiger partial charge is 0.392 e. The number of piperidine rings is 1. The van der Waals surface area contributed by atoms with Crippen LogP contribution in [0.4, 0.5) is 0 Å². The Balaban J connectivity index is 1.44. The van der Waals surface area contributed by atoms with Gasteiger partial charge in [-0.3, -0.25) is 4.68 Å². The fourth-order valence-corrected chi connectivity index (χ4v) is 4.29. The first-order chi connectivity index (χ1) is 15.1. The number of nitrogens with one attached hydrogen (secondary N) is 2. The SMILES string of the molecule is OC1CNCC(n2cc(-c3cnc4[nH]cc(/C=C/c5cc(Cl)ccc5Cl)c4c3)cn2)C1. The summed E-state index contributed by atoms with van der Waals surface area (Å²) in [5, 5.41) is 20.0. The topological polar surface area (TPSA) is 78.8 Å². The number of aromatic nitrogens is 4. The number of aliphatic hydroxyl groups is 1. The first-order valence-corrected chi connectivity index (χ1v) is 10.9. The van der Waals surface area contributed by atoms with Crippen molar-refractivity contribution in [2.24, 2.45) is 0 Å². The Morgan fingerprint density at radius 1 is 1.06 bits per heavy atom. The number of halogens is 2. The lowest BCUT2D eigenvalue weighted by Crippen LogP contribution is -2.40. The minimum atomic E-state index is -0.341. The first-order valence-electron chi connectivity index (χ1n) is 10.1. The molecule has 3 N–H and O–H groups in total. The Kier molecular flexibility index (Phi) is 5.54. The molecule has 5 rings (SSSR count). The summed E-state index contributed by atoms with van der Waals surface area (Å²) < 4.78 is 1.92. The Bertz CT molecular complexity index is 1260. The minimum absolute atomic E-state index is 0.141. The van der Waals surface area contributed by atoms with Gasteiger partial charge in [0.25, 0.3) is 0 Å². The highest BCUT2D eigenvalue weighted by Gasteiger charge is 2.22. The molecule has 0 spiro atoms. The van der Waals surface area contributed by atoms with Crippen molar-refractivity contribution in [3.05, 3.63) is 70.2 Å². The Morgan fingerprint density at radius 2 is 1.94 bits per heavy atom. The van der Waals surface area contributed by atoms with E-state index in [1.807, 2.05) is 47.7 Å². The van der Waals surface area contributed by atoms with Crippen LogP contribution in [0.15, 0.2) is 49.1 Å². The maximum atomic E-state index is 9.92. The van der Waals surface area contributed by atoms with Crippen molar-refractivity contribution in [3.8, 4) is 11.1 Å². The Labute approximate surface area is 189 Å². The summed E-state index contributed by atoms with van der Waals surface area (Å²) >= 11 is 12.4. The number of benzene rings is 1. The van der Waals surface area contributed by atoms with Crippen LogP contribution < -0.4 is 5.32 Å². The minimum Gasteiger partial charge on any atom is -0.392 e. The monoisotopic (exact) mass is 453 g/mol. The van der Waals surface area contributed by atoms with E-state index in [1.54, 1.807) is 12.1 Å². The van der Waals surface area contributed by atoms with Crippen LogP contribution in [0.3, 0.4) is 0 Å². The van der Waals surface area contributed by atoms with Crippen molar-refractivity contribution >= 4 is 46.4 Å². The molecule has 0 bridgehead atoms. The average molecular weight is 454 g/mol. The van der Waals surface area contributed by atoms with Gasteiger partial charge in [-0.25, -0.2) is 4.98 Å². The second-order valence-electron chi connectivity index (χ2n) is 7.77. The third-order valence-electron chi connectivity index (χ3n) is 5.58. The number of β-amino-alcohol motifs (C(OH)–C–C–N with tert-alkyl or cyclic N) is 1. The molecule has 1 aliphatic rings. The number of H-pyrrole nitrogens is 1. The maximum Gasteiger partial charge on any atom is 0.137 e. The molecule has 31 heavy (non-hydrogen) atoms. The number of aliphatic hydroxyl groups excluding tert-OH is 1. The van der Waals surface area contributed by atoms with Crippen LogP contribution in [0.1, 0.15) is 23.6 Å². The van der Waals surface area contributed by atoms with Gasteiger partial charge < -0.3 is 15.4 Å². The predicted molar refractivity (Wildman–Crippen MR) is 125 cm³/mol.